The van der Waals surface area contributed by atoms with Gasteiger partial charge >= 0.3 is 13.1 Å². The molecule has 0 amide bonds. The zero-order chi connectivity index (χ0) is 25.2. The average molecular weight is 531 g/mol. The number of hydrogen-bond donors (Lipinski definition) is 2. The van der Waals surface area contributed by atoms with Crippen LogP contribution in [0, 0.1) is 5.41 Å². The van der Waals surface area contributed by atoms with Gasteiger partial charge in [0.1, 0.15) is 0 Å². The number of carbonyl (C=O) groups is 1. The molecule has 1 aromatic carbocycles. The number of benzene rings is 1. The lowest BCUT2D eigenvalue weighted by Crippen LogP contribution is -2.31. The van der Waals surface area contributed by atoms with Crippen molar-refractivity contribution >= 4 is 45.4 Å². The fourth-order valence-electron chi connectivity index (χ4n) is 4.30. The first kappa shape index (κ1) is 26.4. The van der Waals surface area contributed by atoms with Crippen LogP contribution in [0.5, 0.6) is 0 Å². The maximum Gasteiger partial charge on any atom is 0.490 e. The minimum absolute atomic E-state index is 0.281. The molecule has 0 aliphatic heterocycles. The first-order valence-corrected chi connectivity index (χ1v) is 12.1. The summed E-state index contributed by atoms with van der Waals surface area (Å²) in [6, 6.07) is 7.96. The van der Waals surface area contributed by atoms with E-state index in [1.807, 2.05) is 13.0 Å². The van der Waals surface area contributed by atoms with E-state index in [0.717, 1.165) is 32.2 Å². The number of methoxy groups -OCH3 is 1. The summed E-state index contributed by atoms with van der Waals surface area (Å²) in [7, 11) is -0.0174. The van der Waals surface area contributed by atoms with E-state index in [0.29, 0.717) is 24.1 Å². The molecule has 0 unspecified atom stereocenters. The number of aromatic nitrogens is 2. The van der Waals surface area contributed by atoms with Gasteiger partial charge in [-0.15, -0.1) is 0 Å². The zero-order valence-corrected chi connectivity index (χ0v) is 22.1. The fourth-order valence-corrected chi connectivity index (χ4v) is 4.66. The number of esters is 1. The monoisotopic (exact) mass is 530 g/mol. The highest BCUT2D eigenvalue weighted by molar-refractivity contribution is 9.10. The van der Waals surface area contributed by atoms with Gasteiger partial charge in [-0.3, -0.25) is 9.78 Å². The second-order valence-corrected chi connectivity index (χ2v) is 10.2. The van der Waals surface area contributed by atoms with Gasteiger partial charge in [0.05, 0.1) is 24.1 Å². The van der Waals surface area contributed by atoms with Crippen molar-refractivity contribution in [3.63, 3.8) is 0 Å². The molecule has 182 valence electrons. The molecule has 0 radical (unpaired) electrons. The summed E-state index contributed by atoms with van der Waals surface area (Å²) in [5.41, 5.74) is 4.54. The standard InChI is InChI=1S/C25H32BBrN2O5/c1-7-29-22-9-8-18(27)11-19(22)21(12-25(4,5)14-34-16(3)30)24(29)20-10-17(26(31)32)13-28-23(20)15(2)33-6/h8-11,13,15,31-32H,7,12,14H2,1-6H3/t15-/m0/s1. The van der Waals surface area contributed by atoms with Crippen molar-refractivity contribution in [2.45, 2.75) is 53.7 Å². The van der Waals surface area contributed by atoms with E-state index in [1.54, 1.807) is 13.2 Å². The molecule has 0 aliphatic carbocycles. The summed E-state index contributed by atoms with van der Waals surface area (Å²) in [6.45, 7) is 10.5. The number of aryl methyl sites for hydroxylation is 1. The molecule has 9 heteroatoms. The largest absolute Gasteiger partial charge is 0.490 e. The predicted molar refractivity (Wildman–Crippen MR) is 138 cm³/mol. The van der Waals surface area contributed by atoms with Gasteiger partial charge in [-0.25, -0.2) is 0 Å². The Morgan fingerprint density at radius 1 is 1.29 bits per heavy atom. The highest BCUT2D eigenvalue weighted by Gasteiger charge is 2.29. The maximum absolute atomic E-state index is 11.5. The van der Waals surface area contributed by atoms with Gasteiger partial charge in [0, 0.05) is 58.6 Å². The molecule has 3 aromatic rings. The SMILES string of the molecule is CCn1c(-c2cc(B(O)O)cnc2[C@H](C)OC)c(CC(C)(C)COC(C)=O)c2cc(Br)ccc21. The fraction of sp³-hybridized carbons (Fsp3) is 0.440. The molecule has 3 rings (SSSR count). The van der Waals surface area contributed by atoms with E-state index in [-0.39, 0.29) is 24.1 Å². The number of halogens is 1. The molecule has 34 heavy (non-hydrogen) atoms. The van der Waals surface area contributed by atoms with Crippen molar-refractivity contribution < 1.29 is 24.3 Å². The number of hydrogen-bond acceptors (Lipinski definition) is 6. The van der Waals surface area contributed by atoms with Crippen LogP contribution >= 0.6 is 15.9 Å². The van der Waals surface area contributed by atoms with Gasteiger partial charge in [-0.05, 0) is 50.1 Å². The summed E-state index contributed by atoms with van der Waals surface area (Å²) in [5.74, 6) is -0.308. The van der Waals surface area contributed by atoms with Gasteiger partial charge in [0.25, 0.3) is 0 Å². The van der Waals surface area contributed by atoms with E-state index in [1.165, 1.54) is 13.1 Å². The quantitative estimate of drug-likeness (QED) is 0.321. The van der Waals surface area contributed by atoms with Gasteiger partial charge in [0.2, 0.25) is 0 Å². The first-order valence-electron chi connectivity index (χ1n) is 11.3. The van der Waals surface area contributed by atoms with E-state index in [4.69, 9.17) is 9.47 Å². The smallest absolute Gasteiger partial charge is 0.465 e. The molecule has 2 heterocycles. The molecule has 0 bridgehead atoms. The molecule has 0 saturated carbocycles. The Labute approximate surface area is 209 Å². The van der Waals surface area contributed by atoms with Crippen molar-refractivity contribution in [1.29, 1.82) is 0 Å². The Morgan fingerprint density at radius 3 is 2.59 bits per heavy atom. The van der Waals surface area contributed by atoms with Crippen molar-refractivity contribution in [2.75, 3.05) is 13.7 Å². The second kappa shape index (κ2) is 10.6. The summed E-state index contributed by atoms with van der Waals surface area (Å²) in [4.78, 5) is 16.1. The van der Waals surface area contributed by atoms with Gasteiger partial charge < -0.3 is 24.1 Å². The Balaban J connectivity index is 2.36. The molecule has 0 aliphatic rings. The molecule has 2 N–H and O–H groups in total. The van der Waals surface area contributed by atoms with Crippen molar-refractivity contribution in [3.8, 4) is 11.3 Å². The van der Waals surface area contributed by atoms with Crippen molar-refractivity contribution in [2.24, 2.45) is 5.41 Å². The third-order valence-electron chi connectivity index (χ3n) is 6.00. The summed E-state index contributed by atoms with van der Waals surface area (Å²) in [5, 5.41) is 20.8. The lowest BCUT2D eigenvalue weighted by atomic mass is 9.79. The second-order valence-electron chi connectivity index (χ2n) is 9.31. The lowest BCUT2D eigenvalue weighted by molar-refractivity contribution is -0.143. The van der Waals surface area contributed by atoms with E-state index >= 15 is 0 Å². The molecule has 2 aromatic heterocycles. The van der Waals surface area contributed by atoms with E-state index in [2.05, 4.69) is 58.4 Å². The van der Waals surface area contributed by atoms with Crippen molar-refractivity contribution in [1.82, 2.24) is 9.55 Å². The minimum atomic E-state index is -1.64. The van der Waals surface area contributed by atoms with Crippen LogP contribution in [0.3, 0.4) is 0 Å². The topological polar surface area (TPSA) is 93.8 Å². The maximum atomic E-state index is 11.5. The lowest BCUT2D eigenvalue weighted by Gasteiger charge is -2.25. The molecular formula is C25H32BBrN2O5. The molecule has 1 atom stereocenters. The van der Waals surface area contributed by atoms with E-state index in [9.17, 15) is 14.8 Å². The Morgan fingerprint density at radius 2 is 2.00 bits per heavy atom. The zero-order valence-electron chi connectivity index (χ0n) is 20.6. The Hall–Kier alpha value is -2.20. The van der Waals surface area contributed by atoms with Crippen LogP contribution in [0.15, 0.2) is 34.9 Å². The third kappa shape index (κ3) is 5.54. The van der Waals surface area contributed by atoms with Crippen LogP contribution in [0.2, 0.25) is 0 Å². The minimum Gasteiger partial charge on any atom is -0.465 e. The van der Waals surface area contributed by atoms with Crippen LogP contribution in [-0.4, -0.2) is 46.4 Å². The number of pyridine rings is 1. The number of ether oxygens (including phenoxy) is 2. The van der Waals surface area contributed by atoms with Crippen LogP contribution in [-0.2, 0) is 27.2 Å². The average Bonchev–Trinajstić information content (AvgIpc) is 3.08. The molecular weight excluding hydrogens is 499 g/mol. The Bertz CT molecular complexity index is 1190. The summed E-state index contributed by atoms with van der Waals surface area (Å²) in [6.07, 6.45) is 1.79. The highest BCUT2D eigenvalue weighted by Crippen LogP contribution is 2.41. The van der Waals surface area contributed by atoms with Crippen molar-refractivity contribution in [3.05, 3.63) is 46.2 Å². The van der Waals surface area contributed by atoms with Gasteiger partial charge in [-0.2, -0.15) is 0 Å². The van der Waals surface area contributed by atoms with Crippen LogP contribution in [0.4, 0.5) is 0 Å². The van der Waals surface area contributed by atoms with Crippen LogP contribution < -0.4 is 5.46 Å². The number of rotatable bonds is 9. The number of carbonyl (C=O) groups excluding carboxylic acids is 1. The number of nitrogens with zero attached hydrogens (tertiary/aromatic N) is 2. The highest BCUT2D eigenvalue weighted by atomic mass is 79.9. The molecule has 0 fully saturated rings. The first-order chi connectivity index (χ1) is 16.0. The third-order valence-corrected chi connectivity index (χ3v) is 6.49. The Kier molecular flexibility index (Phi) is 8.24. The normalized spacial score (nSPS) is 12.7. The van der Waals surface area contributed by atoms with Crippen LogP contribution in [0.1, 0.15) is 52.0 Å². The molecule has 7 nitrogen and oxygen atoms in total. The summed E-state index contributed by atoms with van der Waals surface area (Å²) < 4.78 is 14.2. The predicted octanol–water partition coefficient (Wildman–Crippen LogP) is 4.00. The van der Waals surface area contributed by atoms with Gasteiger partial charge in [-0.1, -0.05) is 29.8 Å². The summed E-state index contributed by atoms with van der Waals surface area (Å²) >= 11 is 3.61. The van der Waals surface area contributed by atoms with E-state index < -0.39 is 7.12 Å². The molecule has 0 saturated heterocycles. The van der Waals surface area contributed by atoms with Gasteiger partial charge in [0.15, 0.2) is 0 Å². The number of fused-ring (bicyclic) bond motifs is 1. The van der Waals surface area contributed by atoms with Crippen LogP contribution in [0.25, 0.3) is 22.2 Å². The molecule has 0 spiro atoms.